The molecule has 4 saturated carbocycles. The fourth-order valence-corrected chi connectivity index (χ4v) is 8.36. The first-order chi connectivity index (χ1) is 12.4. The zero-order valence-corrected chi connectivity index (χ0v) is 17.0. The topological polar surface area (TPSA) is 60.7 Å². The smallest absolute Gasteiger partial charge is 0.0576 e. The van der Waals surface area contributed by atoms with Crippen molar-refractivity contribution in [3.63, 3.8) is 0 Å². The van der Waals surface area contributed by atoms with Gasteiger partial charge in [-0.1, -0.05) is 33.6 Å². The lowest BCUT2D eigenvalue weighted by Crippen LogP contribution is -2.56. The van der Waals surface area contributed by atoms with E-state index >= 15 is 0 Å². The van der Waals surface area contributed by atoms with Crippen molar-refractivity contribution < 1.29 is 15.3 Å². The summed E-state index contributed by atoms with van der Waals surface area (Å²) in [6, 6.07) is 0. The summed E-state index contributed by atoms with van der Waals surface area (Å²) in [5, 5.41) is 32.2. The molecule has 0 heterocycles. The Morgan fingerprint density at radius 3 is 2.46 bits per heavy atom. The second kappa shape index (κ2) is 7.04. The van der Waals surface area contributed by atoms with Crippen LogP contribution < -0.4 is 0 Å². The molecule has 26 heavy (non-hydrogen) atoms. The SMILES string of the molecule is CCC[C@@H](C)[C@@H]1C2CCC3C(C2C[C@H]1O)[C@H](O)C[C@@H]1C[C@H](O)CC[C@]31C. The largest absolute Gasteiger partial charge is 0.393 e. The number of fused-ring (bicyclic) bond motifs is 5. The summed E-state index contributed by atoms with van der Waals surface area (Å²) >= 11 is 0. The summed E-state index contributed by atoms with van der Waals surface area (Å²) < 4.78 is 0. The third-order valence-corrected chi connectivity index (χ3v) is 9.50. The number of aliphatic hydroxyl groups is 3. The molecule has 0 spiro atoms. The van der Waals surface area contributed by atoms with Gasteiger partial charge in [-0.15, -0.1) is 0 Å². The van der Waals surface area contributed by atoms with Gasteiger partial charge in [-0.25, -0.2) is 0 Å². The Balaban J connectivity index is 1.58. The van der Waals surface area contributed by atoms with Crippen molar-refractivity contribution in [3.05, 3.63) is 0 Å². The van der Waals surface area contributed by atoms with Gasteiger partial charge in [0.15, 0.2) is 0 Å². The van der Waals surface area contributed by atoms with E-state index in [1.165, 1.54) is 25.7 Å². The van der Waals surface area contributed by atoms with Crippen molar-refractivity contribution in [2.24, 2.45) is 46.8 Å². The van der Waals surface area contributed by atoms with Crippen LogP contribution in [0.4, 0.5) is 0 Å². The van der Waals surface area contributed by atoms with Gasteiger partial charge in [0.05, 0.1) is 18.3 Å². The summed E-state index contributed by atoms with van der Waals surface area (Å²) in [6.45, 7) is 7.04. The molecule has 3 N–H and O–H groups in total. The molecule has 0 aromatic carbocycles. The van der Waals surface area contributed by atoms with Crippen molar-refractivity contribution in [3.8, 4) is 0 Å². The zero-order valence-electron chi connectivity index (χ0n) is 17.0. The zero-order chi connectivity index (χ0) is 18.6. The first-order valence-corrected chi connectivity index (χ1v) is 11.4. The molecule has 0 saturated heterocycles. The van der Waals surface area contributed by atoms with Gasteiger partial charge in [0, 0.05) is 0 Å². The van der Waals surface area contributed by atoms with Gasteiger partial charge in [-0.3, -0.25) is 0 Å². The first-order valence-electron chi connectivity index (χ1n) is 11.4. The van der Waals surface area contributed by atoms with Crippen LogP contribution in [-0.2, 0) is 0 Å². The third-order valence-electron chi connectivity index (χ3n) is 9.50. The van der Waals surface area contributed by atoms with Gasteiger partial charge >= 0.3 is 0 Å². The Kier molecular flexibility index (Phi) is 5.20. The normalized spacial score (nSPS) is 54.9. The third kappa shape index (κ3) is 2.88. The van der Waals surface area contributed by atoms with Gasteiger partial charge < -0.3 is 15.3 Å². The number of rotatable bonds is 3. The molecule has 0 aliphatic heterocycles. The molecular formula is C23H40O3. The quantitative estimate of drug-likeness (QED) is 0.709. The summed E-state index contributed by atoms with van der Waals surface area (Å²) in [7, 11) is 0. The van der Waals surface area contributed by atoms with E-state index in [-0.39, 0.29) is 23.7 Å². The standard InChI is InChI=1S/C23H40O3/c1-4-5-13(2)21-16-6-7-18-22(17(16)12-20(21)26)19(25)11-14-10-15(24)8-9-23(14,18)3/h13-22,24-26H,4-12H2,1-3H3/t13-,14+,15-,16?,17?,18?,19-,20-,21-,22?,23+/m1/s1. The van der Waals surface area contributed by atoms with E-state index in [1.54, 1.807) is 0 Å². The molecule has 4 aliphatic rings. The average molecular weight is 365 g/mol. The molecule has 0 aromatic rings. The minimum Gasteiger partial charge on any atom is -0.393 e. The maximum Gasteiger partial charge on any atom is 0.0576 e. The van der Waals surface area contributed by atoms with Crippen LogP contribution in [0.2, 0.25) is 0 Å². The molecule has 4 aliphatic carbocycles. The Labute approximate surface area is 159 Å². The minimum absolute atomic E-state index is 0.166. The van der Waals surface area contributed by atoms with Crippen LogP contribution in [0.5, 0.6) is 0 Å². The molecule has 3 heteroatoms. The van der Waals surface area contributed by atoms with Crippen molar-refractivity contribution >= 4 is 0 Å². The molecule has 3 nitrogen and oxygen atoms in total. The fourth-order valence-electron chi connectivity index (χ4n) is 8.36. The molecule has 150 valence electrons. The van der Waals surface area contributed by atoms with E-state index < -0.39 is 0 Å². The molecule has 0 radical (unpaired) electrons. The summed E-state index contributed by atoms with van der Waals surface area (Å²) in [4.78, 5) is 0. The van der Waals surface area contributed by atoms with Gasteiger partial charge in [-0.05, 0) is 91.8 Å². The predicted octanol–water partition coefficient (Wildman–Crippen LogP) is 3.99. The van der Waals surface area contributed by atoms with Crippen LogP contribution in [0.25, 0.3) is 0 Å². The van der Waals surface area contributed by atoms with Crippen molar-refractivity contribution in [2.45, 2.75) is 96.9 Å². The number of aliphatic hydroxyl groups excluding tert-OH is 3. The molecule has 11 atom stereocenters. The summed E-state index contributed by atoms with van der Waals surface area (Å²) in [5.74, 6) is 3.57. The second-order valence-electron chi connectivity index (χ2n) is 10.7. The predicted molar refractivity (Wildman–Crippen MR) is 103 cm³/mol. The Morgan fingerprint density at radius 1 is 0.962 bits per heavy atom. The van der Waals surface area contributed by atoms with Crippen LogP contribution >= 0.6 is 0 Å². The van der Waals surface area contributed by atoms with Gasteiger partial charge in [-0.2, -0.15) is 0 Å². The number of hydrogen-bond donors (Lipinski definition) is 3. The second-order valence-corrected chi connectivity index (χ2v) is 10.7. The highest BCUT2D eigenvalue weighted by atomic mass is 16.3. The minimum atomic E-state index is -0.233. The van der Waals surface area contributed by atoms with Gasteiger partial charge in [0.1, 0.15) is 0 Å². The van der Waals surface area contributed by atoms with Crippen molar-refractivity contribution in [1.29, 1.82) is 0 Å². The lowest BCUT2D eigenvalue weighted by Gasteiger charge is -2.60. The fraction of sp³-hybridized carbons (Fsp3) is 1.00. The van der Waals surface area contributed by atoms with Crippen LogP contribution in [0.1, 0.15) is 78.6 Å². The molecule has 4 fully saturated rings. The van der Waals surface area contributed by atoms with E-state index in [4.69, 9.17) is 0 Å². The Hall–Kier alpha value is -0.120. The lowest BCUT2D eigenvalue weighted by atomic mass is 9.46. The Bertz CT molecular complexity index is 508. The van der Waals surface area contributed by atoms with E-state index in [9.17, 15) is 15.3 Å². The van der Waals surface area contributed by atoms with E-state index in [0.717, 1.165) is 32.1 Å². The maximum absolute atomic E-state index is 11.1. The maximum atomic E-state index is 11.1. The van der Waals surface area contributed by atoms with Crippen LogP contribution in [-0.4, -0.2) is 33.6 Å². The number of hydrogen-bond acceptors (Lipinski definition) is 3. The van der Waals surface area contributed by atoms with Crippen molar-refractivity contribution in [1.82, 2.24) is 0 Å². The van der Waals surface area contributed by atoms with Crippen LogP contribution in [0.15, 0.2) is 0 Å². The highest BCUT2D eigenvalue weighted by Crippen LogP contribution is 2.64. The van der Waals surface area contributed by atoms with Gasteiger partial charge in [0.2, 0.25) is 0 Å². The van der Waals surface area contributed by atoms with Crippen molar-refractivity contribution in [2.75, 3.05) is 0 Å². The molecule has 0 aromatic heterocycles. The average Bonchev–Trinajstić information content (AvgIpc) is 2.92. The monoisotopic (exact) mass is 364 g/mol. The van der Waals surface area contributed by atoms with E-state index in [1.807, 2.05) is 0 Å². The Morgan fingerprint density at radius 2 is 1.73 bits per heavy atom. The lowest BCUT2D eigenvalue weighted by molar-refractivity contribution is -0.158. The van der Waals surface area contributed by atoms with Gasteiger partial charge in [0.25, 0.3) is 0 Å². The van der Waals surface area contributed by atoms with E-state index in [2.05, 4.69) is 20.8 Å². The highest BCUT2D eigenvalue weighted by Gasteiger charge is 2.60. The molecule has 4 rings (SSSR count). The van der Waals surface area contributed by atoms with E-state index in [0.29, 0.717) is 41.4 Å². The molecule has 4 unspecified atom stereocenters. The molecule has 0 bridgehead atoms. The first kappa shape index (κ1) is 19.2. The summed E-state index contributed by atoms with van der Waals surface area (Å²) in [5.41, 5.74) is 0.284. The van der Waals surface area contributed by atoms with Crippen LogP contribution in [0.3, 0.4) is 0 Å². The van der Waals surface area contributed by atoms with Crippen LogP contribution in [0, 0.1) is 46.8 Å². The summed E-state index contributed by atoms with van der Waals surface area (Å²) in [6.07, 6.45) is 8.98. The highest BCUT2D eigenvalue weighted by molar-refractivity contribution is 5.09. The molecule has 0 amide bonds. The molecular weight excluding hydrogens is 324 g/mol.